The third-order valence-corrected chi connectivity index (χ3v) is 6.46. The van der Waals surface area contributed by atoms with Crippen molar-refractivity contribution in [3.63, 3.8) is 0 Å². The van der Waals surface area contributed by atoms with E-state index in [0.29, 0.717) is 29.4 Å². The van der Waals surface area contributed by atoms with Gasteiger partial charge in [-0.2, -0.15) is 0 Å². The van der Waals surface area contributed by atoms with Crippen molar-refractivity contribution in [3.05, 3.63) is 82.0 Å². The summed E-state index contributed by atoms with van der Waals surface area (Å²) in [6.07, 6.45) is 0. The van der Waals surface area contributed by atoms with Gasteiger partial charge in [-0.3, -0.25) is 9.69 Å². The van der Waals surface area contributed by atoms with E-state index < -0.39 is 0 Å². The number of aromatic nitrogens is 1. The summed E-state index contributed by atoms with van der Waals surface area (Å²) in [5.74, 6) is 0.586. The van der Waals surface area contributed by atoms with Crippen LogP contribution in [-0.4, -0.2) is 29.2 Å². The van der Waals surface area contributed by atoms with E-state index in [1.54, 1.807) is 47.0 Å². The number of thioether (sulfide) groups is 1. The fourth-order valence-corrected chi connectivity index (χ4v) is 4.87. The van der Waals surface area contributed by atoms with Gasteiger partial charge in [0.15, 0.2) is 0 Å². The lowest BCUT2D eigenvalue weighted by atomic mass is 10.1. The number of benzene rings is 2. The fraction of sp³-hybridized carbons (Fsp3) is 0.208. The molecule has 164 valence electrons. The Morgan fingerprint density at radius 3 is 2.62 bits per heavy atom. The Kier molecular flexibility index (Phi) is 6.67. The van der Waals surface area contributed by atoms with Gasteiger partial charge in [0.05, 0.1) is 5.69 Å². The molecule has 6 nitrogen and oxygen atoms in total. The number of carbonyl (C=O) groups excluding carboxylic acids is 2. The van der Waals surface area contributed by atoms with Crippen LogP contribution in [0.1, 0.15) is 27.2 Å². The molecule has 1 aliphatic rings. The van der Waals surface area contributed by atoms with Crippen LogP contribution in [0, 0.1) is 13.8 Å². The molecule has 4 rings (SSSR count). The van der Waals surface area contributed by atoms with Crippen LogP contribution in [0.3, 0.4) is 0 Å². The van der Waals surface area contributed by atoms with Crippen LogP contribution in [0.15, 0.2) is 59.6 Å². The number of hydrogen-bond donors (Lipinski definition) is 2. The van der Waals surface area contributed by atoms with Gasteiger partial charge in [0.2, 0.25) is 0 Å². The summed E-state index contributed by atoms with van der Waals surface area (Å²) in [4.78, 5) is 31.7. The van der Waals surface area contributed by atoms with Crippen LogP contribution in [0.25, 0.3) is 0 Å². The summed E-state index contributed by atoms with van der Waals surface area (Å²) in [7, 11) is 0. The first kappa shape index (κ1) is 22.2. The van der Waals surface area contributed by atoms with Gasteiger partial charge in [-0.25, -0.2) is 9.78 Å². The Morgan fingerprint density at radius 1 is 1.12 bits per heavy atom. The van der Waals surface area contributed by atoms with Gasteiger partial charge in [0.1, 0.15) is 5.03 Å². The first-order valence-electron chi connectivity index (χ1n) is 10.2. The number of fused-ring (bicyclic) bond motifs is 1. The number of rotatable bonds is 4. The van der Waals surface area contributed by atoms with Gasteiger partial charge in [-0.15, -0.1) is 11.8 Å². The average Bonchev–Trinajstić information content (AvgIpc) is 2.78. The molecule has 0 unspecified atom stereocenters. The van der Waals surface area contributed by atoms with E-state index >= 15 is 0 Å². The number of hydrogen-bond acceptors (Lipinski definition) is 4. The lowest BCUT2D eigenvalue weighted by Crippen LogP contribution is -2.39. The van der Waals surface area contributed by atoms with E-state index in [1.807, 2.05) is 38.1 Å². The molecule has 3 aromatic rings. The molecule has 3 amide bonds. The van der Waals surface area contributed by atoms with Crippen molar-refractivity contribution >= 4 is 46.7 Å². The molecule has 0 aliphatic carbocycles. The van der Waals surface area contributed by atoms with E-state index in [1.165, 1.54) is 0 Å². The van der Waals surface area contributed by atoms with Gasteiger partial charge in [0.25, 0.3) is 5.91 Å². The molecule has 32 heavy (non-hydrogen) atoms. The van der Waals surface area contributed by atoms with Gasteiger partial charge in [-0.1, -0.05) is 29.8 Å². The standard InChI is InChI=1S/C24H23ClN4O2S/c1-15-13-16(2)27-23-21(15)29(11-12-32-23)24(31)28-19-9-7-17(8-10-19)22(30)26-14-18-5-3-4-6-20(18)25/h3-10,13H,11-12,14H2,1-2H3,(H,26,30)(H,28,31). The Morgan fingerprint density at radius 2 is 1.88 bits per heavy atom. The molecule has 0 spiro atoms. The van der Waals surface area contributed by atoms with E-state index in [9.17, 15) is 9.59 Å². The molecule has 0 bridgehead atoms. The highest BCUT2D eigenvalue weighted by molar-refractivity contribution is 7.99. The van der Waals surface area contributed by atoms with Gasteiger partial charge < -0.3 is 10.6 Å². The molecule has 2 N–H and O–H groups in total. The number of urea groups is 1. The Balaban J connectivity index is 1.41. The monoisotopic (exact) mass is 466 g/mol. The number of pyridine rings is 1. The maximum absolute atomic E-state index is 13.0. The fourth-order valence-electron chi connectivity index (χ4n) is 3.59. The zero-order valence-corrected chi connectivity index (χ0v) is 19.4. The maximum atomic E-state index is 13.0. The molecule has 0 saturated carbocycles. The van der Waals surface area contributed by atoms with Gasteiger partial charge >= 0.3 is 6.03 Å². The Hall–Kier alpha value is -3.03. The second-order valence-electron chi connectivity index (χ2n) is 7.52. The largest absolute Gasteiger partial charge is 0.348 e. The third kappa shape index (κ3) is 4.89. The molecule has 2 aromatic carbocycles. The summed E-state index contributed by atoms with van der Waals surface area (Å²) in [6, 6.07) is 16.0. The molecule has 1 aliphatic heterocycles. The number of nitrogens with one attached hydrogen (secondary N) is 2. The highest BCUT2D eigenvalue weighted by Gasteiger charge is 2.26. The molecule has 8 heteroatoms. The topological polar surface area (TPSA) is 74.3 Å². The zero-order chi connectivity index (χ0) is 22.7. The second-order valence-corrected chi connectivity index (χ2v) is 9.01. The zero-order valence-electron chi connectivity index (χ0n) is 17.8. The minimum absolute atomic E-state index is 0.207. The van der Waals surface area contributed by atoms with Crippen molar-refractivity contribution in [2.24, 2.45) is 0 Å². The van der Waals surface area contributed by atoms with Crippen LogP contribution >= 0.6 is 23.4 Å². The van der Waals surface area contributed by atoms with Crippen molar-refractivity contribution in [2.45, 2.75) is 25.4 Å². The van der Waals surface area contributed by atoms with Crippen LogP contribution in [0.2, 0.25) is 5.02 Å². The second kappa shape index (κ2) is 9.63. The smallest absolute Gasteiger partial charge is 0.326 e. The molecule has 0 atom stereocenters. The predicted molar refractivity (Wildman–Crippen MR) is 130 cm³/mol. The number of anilines is 2. The highest BCUT2D eigenvalue weighted by atomic mass is 35.5. The SMILES string of the molecule is Cc1cc(C)c2c(n1)SCCN2C(=O)Nc1ccc(C(=O)NCc2ccccc2Cl)cc1. The van der Waals surface area contributed by atoms with Crippen molar-refractivity contribution in [3.8, 4) is 0 Å². The van der Waals surface area contributed by atoms with Crippen LogP contribution in [0.5, 0.6) is 0 Å². The van der Waals surface area contributed by atoms with Crippen molar-refractivity contribution in [1.82, 2.24) is 10.3 Å². The van der Waals surface area contributed by atoms with Crippen LogP contribution < -0.4 is 15.5 Å². The van der Waals surface area contributed by atoms with Gasteiger partial charge in [-0.05, 0) is 61.4 Å². The van der Waals surface area contributed by atoms with E-state index in [0.717, 1.165) is 33.3 Å². The lowest BCUT2D eigenvalue weighted by Gasteiger charge is -2.30. The summed E-state index contributed by atoms with van der Waals surface area (Å²) in [5.41, 5.74) is 4.81. The number of amides is 3. The van der Waals surface area contributed by atoms with E-state index in [4.69, 9.17) is 11.6 Å². The first-order valence-corrected chi connectivity index (χ1v) is 11.6. The summed E-state index contributed by atoms with van der Waals surface area (Å²) in [5, 5.41) is 7.29. The molecule has 0 radical (unpaired) electrons. The lowest BCUT2D eigenvalue weighted by molar-refractivity contribution is 0.0951. The van der Waals surface area contributed by atoms with E-state index in [2.05, 4.69) is 15.6 Å². The van der Waals surface area contributed by atoms with Crippen molar-refractivity contribution in [1.29, 1.82) is 0 Å². The molecule has 0 saturated heterocycles. The first-order chi connectivity index (χ1) is 15.4. The average molecular weight is 467 g/mol. The van der Waals surface area contributed by atoms with Crippen LogP contribution in [0.4, 0.5) is 16.2 Å². The summed E-state index contributed by atoms with van der Waals surface area (Å²) in [6.45, 7) is 4.91. The van der Waals surface area contributed by atoms with Crippen molar-refractivity contribution in [2.75, 3.05) is 22.5 Å². The molecule has 2 heterocycles. The summed E-state index contributed by atoms with van der Waals surface area (Å²) >= 11 is 7.80. The predicted octanol–water partition coefficient (Wildman–Crippen LogP) is 5.43. The number of nitrogens with zero attached hydrogens (tertiary/aromatic N) is 2. The van der Waals surface area contributed by atoms with Crippen molar-refractivity contribution < 1.29 is 9.59 Å². The minimum atomic E-state index is -0.212. The quantitative estimate of drug-likeness (QED) is 0.538. The molecular formula is C24H23ClN4O2S. The van der Waals surface area contributed by atoms with Gasteiger partial charge in [0, 0.05) is 40.8 Å². The Labute approximate surface area is 196 Å². The maximum Gasteiger partial charge on any atom is 0.326 e. The van der Waals surface area contributed by atoms with E-state index in [-0.39, 0.29) is 11.9 Å². The number of carbonyl (C=O) groups is 2. The highest BCUT2D eigenvalue weighted by Crippen LogP contribution is 2.36. The molecule has 1 aromatic heterocycles. The number of aryl methyl sites for hydroxylation is 2. The third-order valence-electron chi connectivity index (χ3n) is 5.14. The minimum Gasteiger partial charge on any atom is -0.348 e. The van der Waals surface area contributed by atoms with Crippen LogP contribution in [-0.2, 0) is 6.54 Å². The Bertz CT molecular complexity index is 1170. The molecular weight excluding hydrogens is 444 g/mol. The number of halogens is 1. The normalized spacial score (nSPS) is 12.8. The summed E-state index contributed by atoms with van der Waals surface area (Å²) < 4.78 is 0. The molecule has 0 fully saturated rings.